The van der Waals surface area contributed by atoms with Gasteiger partial charge in [0.1, 0.15) is 0 Å². The van der Waals surface area contributed by atoms with Gasteiger partial charge in [0.25, 0.3) is 5.91 Å². The minimum absolute atomic E-state index is 0.0158. The summed E-state index contributed by atoms with van der Waals surface area (Å²) in [5, 5.41) is 4.14. The van der Waals surface area contributed by atoms with Crippen LogP contribution < -0.4 is 5.32 Å². The average Bonchev–Trinajstić information content (AvgIpc) is 3.20. The molecule has 150 valence electrons. The molecule has 6 heteroatoms. The van der Waals surface area contributed by atoms with Gasteiger partial charge in [0.2, 0.25) is 5.91 Å². The molecular formula is C22H29N3O3. The molecule has 0 spiro atoms. The molecule has 1 aliphatic carbocycles. The van der Waals surface area contributed by atoms with E-state index in [1.807, 2.05) is 23.1 Å². The summed E-state index contributed by atoms with van der Waals surface area (Å²) in [6.45, 7) is 7.20. The number of methoxy groups -OCH3 is 1. The van der Waals surface area contributed by atoms with Crippen molar-refractivity contribution in [3.05, 3.63) is 35.0 Å². The lowest BCUT2D eigenvalue weighted by atomic mass is 9.77. The first-order valence-electron chi connectivity index (χ1n) is 10.1. The zero-order chi connectivity index (χ0) is 20.0. The van der Waals surface area contributed by atoms with Gasteiger partial charge in [0, 0.05) is 49.3 Å². The zero-order valence-electron chi connectivity index (χ0n) is 17.0. The van der Waals surface area contributed by atoms with Crippen molar-refractivity contribution in [1.82, 2.24) is 15.2 Å². The maximum atomic E-state index is 13.2. The van der Waals surface area contributed by atoms with Crippen LogP contribution in [0.5, 0.6) is 0 Å². The molecule has 4 atom stereocenters. The van der Waals surface area contributed by atoms with Crippen molar-refractivity contribution in [1.29, 1.82) is 0 Å². The monoisotopic (exact) mass is 383 g/mol. The number of rotatable bonds is 3. The van der Waals surface area contributed by atoms with Gasteiger partial charge in [-0.3, -0.25) is 9.59 Å². The van der Waals surface area contributed by atoms with Gasteiger partial charge in [-0.05, 0) is 62.3 Å². The van der Waals surface area contributed by atoms with Crippen molar-refractivity contribution in [2.75, 3.05) is 20.2 Å². The van der Waals surface area contributed by atoms with Gasteiger partial charge < -0.3 is 19.9 Å². The minimum atomic E-state index is -0.0260. The van der Waals surface area contributed by atoms with Crippen LogP contribution >= 0.6 is 0 Å². The Labute approximate surface area is 165 Å². The van der Waals surface area contributed by atoms with Crippen molar-refractivity contribution in [2.24, 2.45) is 11.8 Å². The quantitative estimate of drug-likeness (QED) is 0.856. The second kappa shape index (κ2) is 7.24. The highest BCUT2D eigenvalue weighted by Gasteiger charge is 2.44. The number of hydrogen-bond acceptors (Lipinski definition) is 3. The van der Waals surface area contributed by atoms with Crippen LogP contribution in [0.25, 0.3) is 10.9 Å². The normalized spacial score (nSPS) is 27.1. The van der Waals surface area contributed by atoms with Gasteiger partial charge in [-0.2, -0.15) is 0 Å². The third-order valence-electron chi connectivity index (χ3n) is 6.65. The lowest BCUT2D eigenvalue weighted by Crippen LogP contribution is -2.49. The highest BCUT2D eigenvalue weighted by Crippen LogP contribution is 2.38. The van der Waals surface area contributed by atoms with Crippen LogP contribution in [0.4, 0.5) is 0 Å². The van der Waals surface area contributed by atoms with Gasteiger partial charge >= 0.3 is 0 Å². The summed E-state index contributed by atoms with van der Waals surface area (Å²) in [5.41, 5.74) is 4.15. The molecule has 2 fully saturated rings. The molecule has 0 radical (unpaired) electrons. The molecule has 2 N–H and O–H groups in total. The number of aromatic nitrogens is 1. The van der Waals surface area contributed by atoms with Crippen molar-refractivity contribution in [3.63, 3.8) is 0 Å². The molecule has 1 saturated heterocycles. The molecule has 0 bridgehead atoms. The number of nitrogens with one attached hydrogen (secondary N) is 2. The van der Waals surface area contributed by atoms with E-state index in [2.05, 4.69) is 24.1 Å². The van der Waals surface area contributed by atoms with E-state index in [0.29, 0.717) is 11.8 Å². The van der Waals surface area contributed by atoms with Crippen molar-refractivity contribution in [2.45, 2.75) is 45.8 Å². The molecule has 0 unspecified atom stereocenters. The number of carbonyl (C=O) groups excluding carboxylic acids is 2. The lowest BCUT2D eigenvalue weighted by molar-refractivity contribution is -0.121. The Morgan fingerprint density at radius 3 is 2.57 bits per heavy atom. The van der Waals surface area contributed by atoms with Crippen LogP contribution in [0, 0.1) is 25.7 Å². The number of nitrogens with zero attached hydrogens (tertiary/aromatic N) is 1. The molecule has 2 aromatic rings. The van der Waals surface area contributed by atoms with Crippen LogP contribution in [0.1, 0.15) is 41.4 Å². The summed E-state index contributed by atoms with van der Waals surface area (Å²) in [6, 6.07) is 5.96. The van der Waals surface area contributed by atoms with E-state index in [9.17, 15) is 9.59 Å². The predicted molar refractivity (Wildman–Crippen MR) is 108 cm³/mol. The highest BCUT2D eigenvalue weighted by molar-refractivity contribution is 5.99. The fourth-order valence-corrected chi connectivity index (χ4v) is 5.03. The number of aromatic amines is 1. The van der Waals surface area contributed by atoms with Crippen LogP contribution in [0.15, 0.2) is 18.2 Å². The number of aryl methyl sites for hydroxylation is 2. The van der Waals surface area contributed by atoms with Gasteiger partial charge in [0.15, 0.2) is 0 Å². The number of benzene rings is 1. The molecule has 1 aromatic carbocycles. The van der Waals surface area contributed by atoms with E-state index in [1.165, 1.54) is 5.56 Å². The second-order valence-electron chi connectivity index (χ2n) is 8.42. The molecule has 6 nitrogen and oxygen atoms in total. The van der Waals surface area contributed by atoms with E-state index < -0.39 is 0 Å². The standard InChI is InChI=1S/C22H29N3O3/c1-12-13(2)23-19-6-5-15(7-18(12)19)22(27)25-10-16-8-20(24-14(3)26)21(28-4)9-17(16)11-25/h5-7,16-17,20-21,23H,8-11H2,1-4H3,(H,24,26)/t16-,17+,20-,21-/m1/s1. The SMILES string of the molecule is CO[C@@H]1C[C@H]2CN(C(=O)c3ccc4[nH]c(C)c(C)c4c3)C[C@H]2C[C@H]1NC(C)=O. The molecule has 2 aliphatic rings. The van der Waals surface area contributed by atoms with E-state index in [1.54, 1.807) is 14.0 Å². The zero-order valence-corrected chi connectivity index (χ0v) is 17.0. The Morgan fingerprint density at radius 2 is 1.89 bits per heavy atom. The number of carbonyl (C=O) groups is 2. The minimum Gasteiger partial charge on any atom is -0.379 e. The van der Waals surface area contributed by atoms with Crippen LogP contribution in [0.2, 0.25) is 0 Å². The third kappa shape index (κ3) is 3.30. The van der Waals surface area contributed by atoms with Crippen LogP contribution in [-0.2, 0) is 9.53 Å². The summed E-state index contributed by atoms with van der Waals surface area (Å²) in [6.07, 6.45) is 1.76. The Bertz CT molecular complexity index is 919. The number of ether oxygens (including phenoxy) is 1. The number of hydrogen-bond donors (Lipinski definition) is 2. The lowest BCUT2D eigenvalue weighted by Gasteiger charge is -2.37. The summed E-state index contributed by atoms with van der Waals surface area (Å²) in [4.78, 5) is 30.0. The Morgan fingerprint density at radius 1 is 1.18 bits per heavy atom. The largest absolute Gasteiger partial charge is 0.379 e. The Kier molecular flexibility index (Phi) is 4.91. The molecular weight excluding hydrogens is 354 g/mol. The number of H-pyrrole nitrogens is 1. The molecule has 28 heavy (non-hydrogen) atoms. The highest BCUT2D eigenvalue weighted by atomic mass is 16.5. The average molecular weight is 383 g/mol. The number of fused-ring (bicyclic) bond motifs is 2. The number of amides is 2. The Balaban J connectivity index is 1.51. The van der Waals surface area contributed by atoms with Crippen molar-refractivity contribution < 1.29 is 14.3 Å². The molecule has 1 aromatic heterocycles. The van der Waals surface area contributed by atoms with Gasteiger partial charge in [-0.1, -0.05) is 0 Å². The molecule has 2 amide bonds. The van der Waals surface area contributed by atoms with Crippen LogP contribution in [0.3, 0.4) is 0 Å². The summed E-state index contributed by atoms with van der Waals surface area (Å²) >= 11 is 0. The Hall–Kier alpha value is -2.34. The fourth-order valence-electron chi connectivity index (χ4n) is 5.03. The molecule has 1 saturated carbocycles. The smallest absolute Gasteiger partial charge is 0.253 e. The number of likely N-dealkylation sites (tertiary alicyclic amines) is 1. The third-order valence-corrected chi connectivity index (χ3v) is 6.65. The summed E-state index contributed by atoms with van der Waals surface area (Å²) in [7, 11) is 1.70. The van der Waals surface area contributed by atoms with E-state index in [0.717, 1.165) is 48.1 Å². The van der Waals surface area contributed by atoms with Crippen molar-refractivity contribution >= 4 is 22.7 Å². The molecule has 4 rings (SSSR count). The van der Waals surface area contributed by atoms with E-state index in [4.69, 9.17) is 4.74 Å². The summed E-state index contributed by atoms with van der Waals surface area (Å²) in [5.74, 6) is 0.910. The van der Waals surface area contributed by atoms with Gasteiger partial charge in [-0.15, -0.1) is 0 Å². The second-order valence-corrected chi connectivity index (χ2v) is 8.42. The van der Waals surface area contributed by atoms with E-state index >= 15 is 0 Å². The topological polar surface area (TPSA) is 74.4 Å². The first-order valence-corrected chi connectivity index (χ1v) is 10.1. The van der Waals surface area contributed by atoms with Crippen molar-refractivity contribution in [3.8, 4) is 0 Å². The fraction of sp³-hybridized carbons (Fsp3) is 0.545. The van der Waals surface area contributed by atoms with Gasteiger partial charge in [0.05, 0.1) is 12.1 Å². The predicted octanol–water partition coefficient (Wildman–Crippen LogP) is 2.79. The molecule has 1 aliphatic heterocycles. The first kappa shape index (κ1) is 19.0. The summed E-state index contributed by atoms with van der Waals surface area (Å²) < 4.78 is 5.64. The molecule has 2 heterocycles. The van der Waals surface area contributed by atoms with Gasteiger partial charge in [-0.25, -0.2) is 0 Å². The van der Waals surface area contributed by atoms with E-state index in [-0.39, 0.29) is 24.0 Å². The maximum absolute atomic E-state index is 13.2. The first-order chi connectivity index (χ1) is 13.4. The maximum Gasteiger partial charge on any atom is 0.253 e. The van der Waals surface area contributed by atoms with Crippen LogP contribution in [-0.4, -0.2) is 54.0 Å².